The number of nitrogens with one attached hydrogen (secondary N) is 1. The molecule has 0 unspecified atom stereocenters. The first kappa shape index (κ1) is 14.9. The van der Waals surface area contributed by atoms with Crippen LogP contribution in [0, 0.1) is 18.6 Å². The molecule has 0 aliphatic carbocycles. The van der Waals surface area contributed by atoms with Gasteiger partial charge in [0.2, 0.25) is 0 Å². The van der Waals surface area contributed by atoms with Gasteiger partial charge in [-0.25, -0.2) is 17.2 Å². The second kappa shape index (κ2) is 5.49. The number of halogens is 3. The Morgan fingerprint density at radius 1 is 1.05 bits per heavy atom. The van der Waals surface area contributed by atoms with E-state index in [1.165, 1.54) is 0 Å². The second-order valence-corrected chi connectivity index (χ2v) is 6.67. The van der Waals surface area contributed by atoms with Gasteiger partial charge < -0.3 is 0 Å². The largest absolute Gasteiger partial charge is 0.280 e. The van der Waals surface area contributed by atoms with E-state index in [0.29, 0.717) is 6.07 Å². The van der Waals surface area contributed by atoms with Crippen LogP contribution in [-0.4, -0.2) is 8.42 Å². The van der Waals surface area contributed by atoms with Crippen molar-refractivity contribution >= 4 is 31.6 Å². The summed E-state index contributed by atoms with van der Waals surface area (Å²) in [5, 5.41) is 0. The monoisotopic (exact) mass is 361 g/mol. The number of sulfonamides is 1. The summed E-state index contributed by atoms with van der Waals surface area (Å²) in [5.74, 6) is -1.88. The SMILES string of the molecule is Cc1ccc(NS(=O)(=O)c2cc(F)c(Br)cc2F)cc1. The molecule has 0 aliphatic heterocycles. The molecule has 0 heterocycles. The van der Waals surface area contributed by atoms with E-state index >= 15 is 0 Å². The molecular formula is C13H10BrF2NO2S. The lowest BCUT2D eigenvalue weighted by Crippen LogP contribution is -2.15. The summed E-state index contributed by atoms with van der Waals surface area (Å²) in [6.45, 7) is 1.85. The molecule has 0 aliphatic rings. The van der Waals surface area contributed by atoms with Crippen LogP contribution >= 0.6 is 15.9 Å². The maximum Gasteiger partial charge on any atom is 0.264 e. The third-order valence-corrected chi connectivity index (χ3v) is 4.57. The fourth-order valence-electron chi connectivity index (χ4n) is 1.54. The summed E-state index contributed by atoms with van der Waals surface area (Å²) in [6.07, 6.45) is 0. The molecule has 0 radical (unpaired) electrons. The highest BCUT2D eigenvalue weighted by atomic mass is 79.9. The van der Waals surface area contributed by atoms with Crippen molar-refractivity contribution in [2.75, 3.05) is 4.72 Å². The zero-order valence-corrected chi connectivity index (χ0v) is 12.7. The van der Waals surface area contributed by atoms with Gasteiger partial charge in [0.1, 0.15) is 16.5 Å². The number of rotatable bonds is 3. The fraction of sp³-hybridized carbons (Fsp3) is 0.0769. The van der Waals surface area contributed by atoms with Gasteiger partial charge in [0, 0.05) is 5.69 Å². The van der Waals surface area contributed by atoms with Crippen LogP contribution in [0.5, 0.6) is 0 Å². The van der Waals surface area contributed by atoms with Crippen LogP contribution in [0.25, 0.3) is 0 Å². The molecular weight excluding hydrogens is 352 g/mol. The fourth-order valence-corrected chi connectivity index (χ4v) is 2.99. The Kier molecular flexibility index (Phi) is 4.10. The average molecular weight is 362 g/mol. The minimum Gasteiger partial charge on any atom is -0.280 e. The summed E-state index contributed by atoms with van der Waals surface area (Å²) in [7, 11) is -4.18. The number of hydrogen-bond donors (Lipinski definition) is 1. The van der Waals surface area contributed by atoms with Gasteiger partial charge >= 0.3 is 0 Å². The smallest absolute Gasteiger partial charge is 0.264 e. The number of anilines is 1. The van der Waals surface area contributed by atoms with E-state index in [2.05, 4.69) is 20.7 Å². The number of aryl methyl sites for hydroxylation is 1. The quantitative estimate of drug-likeness (QED) is 0.844. The van der Waals surface area contributed by atoms with E-state index in [9.17, 15) is 17.2 Å². The van der Waals surface area contributed by atoms with E-state index in [0.717, 1.165) is 11.6 Å². The number of benzene rings is 2. The average Bonchev–Trinajstić information content (AvgIpc) is 2.36. The maximum absolute atomic E-state index is 13.7. The van der Waals surface area contributed by atoms with Gasteiger partial charge in [0.25, 0.3) is 10.0 Å². The Morgan fingerprint density at radius 3 is 2.25 bits per heavy atom. The molecule has 0 saturated heterocycles. The first-order valence-electron chi connectivity index (χ1n) is 5.53. The predicted octanol–water partition coefficient (Wildman–Crippen LogP) is 3.84. The highest BCUT2D eigenvalue weighted by molar-refractivity contribution is 9.10. The third-order valence-electron chi connectivity index (χ3n) is 2.57. The Labute approximate surface area is 123 Å². The highest BCUT2D eigenvalue weighted by Gasteiger charge is 2.21. The lowest BCUT2D eigenvalue weighted by atomic mass is 10.2. The minimum absolute atomic E-state index is 0.135. The molecule has 0 atom stereocenters. The maximum atomic E-state index is 13.7. The van der Waals surface area contributed by atoms with Crippen molar-refractivity contribution in [3.05, 3.63) is 58.1 Å². The molecule has 7 heteroatoms. The molecule has 0 saturated carbocycles. The van der Waals surface area contributed by atoms with E-state index in [1.807, 2.05) is 6.92 Å². The predicted molar refractivity (Wildman–Crippen MR) is 76.0 cm³/mol. The molecule has 0 aromatic heterocycles. The van der Waals surface area contributed by atoms with E-state index in [1.54, 1.807) is 24.3 Å². The van der Waals surface area contributed by atoms with Crippen LogP contribution in [0.4, 0.5) is 14.5 Å². The van der Waals surface area contributed by atoms with Crippen LogP contribution in [0.3, 0.4) is 0 Å². The topological polar surface area (TPSA) is 46.2 Å². The molecule has 0 spiro atoms. The Balaban J connectivity index is 2.40. The lowest BCUT2D eigenvalue weighted by Gasteiger charge is -2.09. The van der Waals surface area contributed by atoms with Crippen molar-refractivity contribution in [3.8, 4) is 0 Å². The van der Waals surface area contributed by atoms with Crippen molar-refractivity contribution in [2.24, 2.45) is 0 Å². The van der Waals surface area contributed by atoms with E-state index in [-0.39, 0.29) is 10.2 Å². The zero-order valence-electron chi connectivity index (χ0n) is 10.3. The van der Waals surface area contributed by atoms with E-state index in [4.69, 9.17) is 0 Å². The van der Waals surface area contributed by atoms with Crippen LogP contribution in [-0.2, 0) is 10.0 Å². The first-order chi connectivity index (χ1) is 9.29. The van der Waals surface area contributed by atoms with E-state index < -0.39 is 26.6 Å². The molecule has 0 bridgehead atoms. The molecule has 0 fully saturated rings. The van der Waals surface area contributed by atoms with Gasteiger partial charge in [0.05, 0.1) is 4.47 Å². The van der Waals surface area contributed by atoms with Crippen LogP contribution in [0.15, 0.2) is 45.8 Å². The third kappa shape index (κ3) is 3.16. The number of hydrogen-bond acceptors (Lipinski definition) is 2. The summed E-state index contributed by atoms with van der Waals surface area (Å²) in [5.41, 5.74) is 1.23. The zero-order chi connectivity index (χ0) is 14.9. The summed E-state index contributed by atoms with van der Waals surface area (Å²) in [4.78, 5) is -0.737. The van der Waals surface area contributed by atoms with Gasteiger partial charge in [0.15, 0.2) is 0 Å². The standard InChI is InChI=1S/C13H10BrF2NO2S/c1-8-2-4-9(5-3-8)17-20(18,19)13-7-11(15)10(14)6-12(13)16/h2-7,17H,1H3. The van der Waals surface area contributed by atoms with Crippen molar-refractivity contribution in [3.63, 3.8) is 0 Å². The molecule has 20 heavy (non-hydrogen) atoms. The highest BCUT2D eigenvalue weighted by Crippen LogP contribution is 2.24. The summed E-state index contributed by atoms with van der Waals surface area (Å²) in [6, 6.07) is 7.90. The first-order valence-corrected chi connectivity index (χ1v) is 7.81. The molecule has 106 valence electrons. The lowest BCUT2D eigenvalue weighted by molar-refractivity contribution is 0.552. The Bertz CT molecular complexity index is 746. The molecule has 2 aromatic carbocycles. The molecule has 2 aromatic rings. The van der Waals surface area contributed by atoms with Gasteiger partial charge in [-0.15, -0.1) is 0 Å². The Morgan fingerprint density at radius 2 is 1.65 bits per heavy atom. The molecule has 1 N–H and O–H groups in total. The normalized spacial score (nSPS) is 11.4. The van der Waals surface area contributed by atoms with Gasteiger partial charge in [-0.3, -0.25) is 4.72 Å². The van der Waals surface area contributed by atoms with Crippen molar-refractivity contribution in [1.29, 1.82) is 0 Å². The van der Waals surface area contributed by atoms with Gasteiger partial charge in [-0.1, -0.05) is 17.7 Å². The second-order valence-electron chi connectivity index (χ2n) is 4.17. The summed E-state index contributed by atoms with van der Waals surface area (Å²) >= 11 is 2.79. The minimum atomic E-state index is -4.18. The Hall–Kier alpha value is -1.47. The molecule has 0 amide bonds. The molecule has 3 nitrogen and oxygen atoms in total. The summed E-state index contributed by atoms with van der Waals surface area (Å²) < 4.78 is 53.2. The van der Waals surface area contributed by atoms with Crippen LogP contribution in [0.1, 0.15) is 5.56 Å². The van der Waals surface area contributed by atoms with Crippen molar-refractivity contribution < 1.29 is 17.2 Å². The molecule has 2 rings (SSSR count). The van der Waals surface area contributed by atoms with Crippen molar-refractivity contribution in [1.82, 2.24) is 0 Å². The van der Waals surface area contributed by atoms with Gasteiger partial charge in [-0.2, -0.15) is 0 Å². The van der Waals surface area contributed by atoms with Gasteiger partial charge in [-0.05, 0) is 47.1 Å². The van der Waals surface area contributed by atoms with Crippen LogP contribution in [0.2, 0.25) is 0 Å². The van der Waals surface area contributed by atoms with Crippen LogP contribution < -0.4 is 4.72 Å². The van der Waals surface area contributed by atoms with Crippen molar-refractivity contribution in [2.45, 2.75) is 11.8 Å².